The minimum absolute atomic E-state index is 0.316. The summed E-state index contributed by atoms with van der Waals surface area (Å²) in [6.45, 7) is 7.31. The van der Waals surface area contributed by atoms with E-state index in [0.29, 0.717) is 12.6 Å². The van der Waals surface area contributed by atoms with Crippen molar-refractivity contribution in [1.29, 1.82) is 0 Å². The maximum Gasteiger partial charge on any atom is 0.124 e. The van der Waals surface area contributed by atoms with Crippen molar-refractivity contribution in [3.63, 3.8) is 0 Å². The lowest BCUT2D eigenvalue weighted by Crippen LogP contribution is -2.33. The van der Waals surface area contributed by atoms with E-state index in [4.69, 9.17) is 4.74 Å². The maximum atomic E-state index is 5.75. The lowest BCUT2D eigenvalue weighted by Gasteiger charge is -2.25. The largest absolute Gasteiger partial charge is 0.494 e. The molecule has 0 bridgehead atoms. The Balaban J connectivity index is 1.99. The van der Waals surface area contributed by atoms with E-state index < -0.39 is 0 Å². The molecule has 2 rings (SSSR count). The summed E-state index contributed by atoms with van der Waals surface area (Å²) < 4.78 is 5.75. The summed E-state index contributed by atoms with van der Waals surface area (Å²) in [5.41, 5.74) is 1.26. The molecule has 3 nitrogen and oxygen atoms in total. The van der Waals surface area contributed by atoms with Gasteiger partial charge in [0.2, 0.25) is 0 Å². The first-order chi connectivity index (χ1) is 9.65. The topological polar surface area (TPSA) is 24.5 Å². The van der Waals surface area contributed by atoms with Crippen LogP contribution in [0.4, 0.5) is 0 Å². The number of hydrogen-bond donors (Lipinski definition) is 1. The normalized spacial score (nSPS) is 22.9. The second-order valence-corrected chi connectivity index (χ2v) is 6.01. The molecule has 3 heteroatoms. The van der Waals surface area contributed by atoms with Crippen molar-refractivity contribution in [3.05, 3.63) is 29.8 Å². The zero-order valence-corrected chi connectivity index (χ0v) is 13.2. The predicted octanol–water partition coefficient (Wildman–Crippen LogP) is 2.93. The number of hydrogen-bond acceptors (Lipinski definition) is 3. The van der Waals surface area contributed by atoms with Gasteiger partial charge in [0, 0.05) is 24.7 Å². The first-order valence-electron chi connectivity index (χ1n) is 7.73. The number of nitrogens with zero attached hydrogens (tertiary/aromatic N) is 1. The van der Waals surface area contributed by atoms with E-state index in [-0.39, 0.29) is 0 Å². The molecule has 1 fully saturated rings. The van der Waals surface area contributed by atoms with Crippen LogP contribution in [0.3, 0.4) is 0 Å². The monoisotopic (exact) mass is 276 g/mol. The van der Waals surface area contributed by atoms with E-state index in [1.165, 1.54) is 18.5 Å². The van der Waals surface area contributed by atoms with Crippen LogP contribution in [0, 0.1) is 11.8 Å². The number of likely N-dealkylation sites (N-methyl/N-ethyl adjacent to an activating group) is 2. The number of ether oxygens (including phenoxy) is 1. The molecule has 0 aliphatic heterocycles. The summed E-state index contributed by atoms with van der Waals surface area (Å²) in [7, 11) is 4.25. The van der Waals surface area contributed by atoms with Crippen molar-refractivity contribution in [2.24, 2.45) is 11.8 Å². The number of rotatable bonds is 8. The Morgan fingerprint density at radius 2 is 2.10 bits per heavy atom. The van der Waals surface area contributed by atoms with Gasteiger partial charge in [-0.15, -0.1) is 0 Å². The number of para-hydroxylation sites is 1. The molecular formula is C17H28N2O. The van der Waals surface area contributed by atoms with Crippen molar-refractivity contribution in [1.82, 2.24) is 10.2 Å². The van der Waals surface area contributed by atoms with Crippen molar-refractivity contribution in [2.45, 2.75) is 26.3 Å². The van der Waals surface area contributed by atoms with Gasteiger partial charge < -0.3 is 15.0 Å². The van der Waals surface area contributed by atoms with E-state index in [0.717, 1.165) is 24.1 Å². The second kappa shape index (κ2) is 7.09. The maximum absolute atomic E-state index is 5.75. The summed E-state index contributed by atoms with van der Waals surface area (Å²) in [6.07, 6.45) is 1.39. The average molecular weight is 276 g/mol. The Morgan fingerprint density at radius 1 is 1.40 bits per heavy atom. The quantitative estimate of drug-likeness (QED) is 0.790. The van der Waals surface area contributed by atoms with E-state index >= 15 is 0 Å². The molecule has 3 unspecified atom stereocenters. The van der Waals surface area contributed by atoms with E-state index in [1.54, 1.807) is 0 Å². The Labute approximate surface area is 123 Å². The van der Waals surface area contributed by atoms with Crippen LogP contribution in [-0.4, -0.2) is 38.7 Å². The molecule has 1 saturated carbocycles. The molecule has 112 valence electrons. The van der Waals surface area contributed by atoms with Gasteiger partial charge in [-0.3, -0.25) is 0 Å². The highest BCUT2D eigenvalue weighted by Gasteiger charge is 2.33. The van der Waals surface area contributed by atoms with E-state index in [9.17, 15) is 0 Å². The second-order valence-electron chi connectivity index (χ2n) is 6.01. The highest BCUT2D eigenvalue weighted by atomic mass is 16.5. The van der Waals surface area contributed by atoms with Crippen molar-refractivity contribution < 1.29 is 4.74 Å². The minimum atomic E-state index is 0.316. The van der Waals surface area contributed by atoms with Crippen LogP contribution in [0.2, 0.25) is 0 Å². The molecule has 1 N–H and O–H groups in total. The summed E-state index contributed by atoms with van der Waals surface area (Å²) in [5, 5.41) is 3.43. The van der Waals surface area contributed by atoms with Gasteiger partial charge in [0.25, 0.3) is 0 Å². The third-order valence-electron chi connectivity index (χ3n) is 4.26. The van der Waals surface area contributed by atoms with Crippen molar-refractivity contribution in [2.75, 3.05) is 33.8 Å². The lowest BCUT2D eigenvalue weighted by atomic mass is 10.1. The van der Waals surface area contributed by atoms with Crippen molar-refractivity contribution >= 4 is 0 Å². The van der Waals surface area contributed by atoms with E-state index in [2.05, 4.69) is 42.4 Å². The molecule has 0 heterocycles. The molecule has 0 saturated heterocycles. The van der Waals surface area contributed by atoms with Gasteiger partial charge in [0.05, 0.1) is 6.61 Å². The SMILES string of the molecule is CCOc1ccccc1C(CN(C)CC1CC1C)NC. The third kappa shape index (κ3) is 3.97. The molecule has 1 aliphatic rings. The van der Waals surface area contributed by atoms with Crippen LogP contribution in [0.1, 0.15) is 31.9 Å². The lowest BCUT2D eigenvalue weighted by molar-refractivity contribution is 0.274. The number of benzene rings is 1. The summed E-state index contributed by atoms with van der Waals surface area (Å²) in [6, 6.07) is 8.67. The van der Waals surface area contributed by atoms with Gasteiger partial charge in [-0.05, 0) is 45.3 Å². The number of nitrogens with one attached hydrogen (secondary N) is 1. The molecule has 0 amide bonds. The van der Waals surface area contributed by atoms with Gasteiger partial charge >= 0.3 is 0 Å². The average Bonchev–Trinajstić information content (AvgIpc) is 3.12. The minimum Gasteiger partial charge on any atom is -0.494 e. The fourth-order valence-corrected chi connectivity index (χ4v) is 2.84. The fourth-order valence-electron chi connectivity index (χ4n) is 2.84. The standard InChI is InChI=1S/C17H28N2O/c1-5-20-17-9-7-6-8-15(17)16(18-3)12-19(4)11-14-10-13(14)2/h6-9,13-14,16,18H,5,10-12H2,1-4H3. The molecule has 1 aromatic rings. The molecule has 0 radical (unpaired) electrons. The van der Waals surface area contributed by atoms with Crippen LogP contribution in [0.25, 0.3) is 0 Å². The molecule has 0 spiro atoms. The van der Waals surface area contributed by atoms with Crippen LogP contribution < -0.4 is 10.1 Å². The summed E-state index contributed by atoms with van der Waals surface area (Å²) in [4.78, 5) is 2.44. The van der Waals surface area contributed by atoms with Gasteiger partial charge in [0.1, 0.15) is 5.75 Å². The summed E-state index contributed by atoms with van der Waals surface area (Å²) >= 11 is 0. The predicted molar refractivity (Wildman–Crippen MR) is 84.2 cm³/mol. The van der Waals surface area contributed by atoms with Crippen LogP contribution in [-0.2, 0) is 0 Å². The Bertz CT molecular complexity index is 421. The van der Waals surface area contributed by atoms with Crippen LogP contribution in [0.15, 0.2) is 24.3 Å². The zero-order chi connectivity index (χ0) is 14.5. The highest BCUT2D eigenvalue weighted by molar-refractivity contribution is 5.36. The van der Waals surface area contributed by atoms with Crippen LogP contribution in [0.5, 0.6) is 5.75 Å². The third-order valence-corrected chi connectivity index (χ3v) is 4.26. The first-order valence-corrected chi connectivity index (χ1v) is 7.73. The smallest absolute Gasteiger partial charge is 0.124 e. The summed E-state index contributed by atoms with van der Waals surface area (Å²) in [5.74, 6) is 2.82. The molecule has 0 aromatic heterocycles. The van der Waals surface area contributed by atoms with Crippen LogP contribution >= 0.6 is 0 Å². The zero-order valence-electron chi connectivity index (χ0n) is 13.2. The van der Waals surface area contributed by atoms with Crippen molar-refractivity contribution in [3.8, 4) is 5.75 Å². The molecule has 1 aliphatic carbocycles. The Kier molecular flexibility index (Phi) is 5.44. The highest BCUT2D eigenvalue weighted by Crippen LogP contribution is 2.38. The Hall–Kier alpha value is -1.06. The fraction of sp³-hybridized carbons (Fsp3) is 0.647. The molecule has 20 heavy (non-hydrogen) atoms. The molecule has 3 atom stereocenters. The Morgan fingerprint density at radius 3 is 2.70 bits per heavy atom. The van der Waals surface area contributed by atoms with Gasteiger partial charge in [-0.2, -0.15) is 0 Å². The molecule has 1 aromatic carbocycles. The first kappa shape index (κ1) is 15.3. The van der Waals surface area contributed by atoms with Gasteiger partial charge in [-0.1, -0.05) is 25.1 Å². The van der Waals surface area contributed by atoms with E-state index in [1.807, 2.05) is 20.0 Å². The van der Waals surface area contributed by atoms with Gasteiger partial charge in [-0.25, -0.2) is 0 Å². The molecular weight excluding hydrogens is 248 g/mol. The van der Waals surface area contributed by atoms with Gasteiger partial charge in [0.15, 0.2) is 0 Å².